The summed E-state index contributed by atoms with van der Waals surface area (Å²) in [6.07, 6.45) is 4.49. The van der Waals surface area contributed by atoms with Crippen molar-refractivity contribution in [2.45, 2.75) is 44.8 Å². The first-order chi connectivity index (χ1) is 9.61. The van der Waals surface area contributed by atoms with Gasteiger partial charge in [0.1, 0.15) is 5.75 Å². The highest BCUT2D eigenvalue weighted by atomic mass is 79.9. The summed E-state index contributed by atoms with van der Waals surface area (Å²) in [5, 5.41) is 2.99. The van der Waals surface area contributed by atoms with Crippen LogP contribution in [0.25, 0.3) is 0 Å². The van der Waals surface area contributed by atoms with Crippen LogP contribution in [0.5, 0.6) is 5.75 Å². The fourth-order valence-electron chi connectivity index (χ4n) is 2.36. The van der Waals surface area contributed by atoms with Crippen LogP contribution in [0.15, 0.2) is 22.7 Å². The standard InChI is InChI=1S/C15H18BrNO3/c1-10(15(19)17-12-6-2-3-7-12)20-14-11(9-18)5-4-8-13(14)16/h4-5,8-10,12H,2-3,6-7H2,1H3,(H,17,19). The number of amides is 1. The second kappa shape index (κ2) is 6.88. The predicted molar refractivity (Wildman–Crippen MR) is 80.0 cm³/mol. The van der Waals surface area contributed by atoms with Gasteiger partial charge in [0, 0.05) is 6.04 Å². The average molecular weight is 340 g/mol. The lowest BCUT2D eigenvalue weighted by atomic mass is 10.2. The molecular formula is C15H18BrNO3. The second-order valence-electron chi connectivity index (χ2n) is 5.03. The van der Waals surface area contributed by atoms with Gasteiger partial charge in [-0.2, -0.15) is 0 Å². The molecule has 0 radical (unpaired) electrons. The first kappa shape index (κ1) is 15.0. The molecule has 0 spiro atoms. The molecule has 1 amide bonds. The number of hydrogen-bond donors (Lipinski definition) is 1. The molecule has 1 saturated carbocycles. The van der Waals surface area contributed by atoms with Gasteiger partial charge >= 0.3 is 0 Å². The van der Waals surface area contributed by atoms with E-state index in [2.05, 4.69) is 21.2 Å². The number of halogens is 1. The molecule has 0 bridgehead atoms. The normalized spacial score (nSPS) is 16.7. The number of carbonyl (C=O) groups excluding carboxylic acids is 2. The third-order valence-electron chi connectivity index (χ3n) is 3.49. The lowest BCUT2D eigenvalue weighted by Gasteiger charge is -2.19. The van der Waals surface area contributed by atoms with Crippen LogP contribution in [0.1, 0.15) is 43.0 Å². The molecular weight excluding hydrogens is 322 g/mol. The summed E-state index contributed by atoms with van der Waals surface area (Å²) in [6, 6.07) is 5.46. The molecule has 0 aromatic heterocycles. The Hall–Kier alpha value is -1.36. The van der Waals surface area contributed by atoms with Crippen molar-refractivity contribution < 1.29 is 14.3 Å². The number of aldehydes is 1. The summed E-state index contributed by atoms with van der Waals surface area (Å²) >= 11 is 3.34. The van der Waals surface area contributed by atoms with Crippen molar-refractivity contribution in [2.75, 3.05) is 0 Å². The third kappa shape index (κ3) is 3.60. The number of rotatable bonds is 5. The number of para-hydroxylation sites is 1. The lowest BCUT2D eigenvalue weighted by Crippen LogP contribution is -2.41. The van der Waals surface area contributed by atoms with Gasteiger partial charge in [-0.1, -0.05) is 18.9 Å². The Morgan fingerprint density at radius 2 is 2.15 bits per heavy atom. The summed E-state index contributed by atoms with van der Waals surface area (Å²) in [5.41, 5.74) is 0.430. The van der Waals surface area contributed by atoms with Gasteiger partial charge in [0.05, 0.1) is 10.0 Å². The van der Waals surface area contributed by atoms with Crippen LogP contribution in [0.3, 0.4) is 0 Å². The van der Waals surface area contributed by atoms with Crippen LogP contribution >= 0.6 is 15.9 Å². The Kier molecular flexibility index (Phi) is 5.17. The third-order valence-corrected chi connectivity index (χ3v) is 4.11. The van der Waals surface area contributed by atoms with Crippen LogP contribution in [0, 0.1) is 0 Å². The molecule has 2 rings (SSSR count). The number of carbonyl (C=O) groups is 2. The van der Waals surface area contributed by atoms with Gasteiger partial charge in [-0.3, -0.25) is 9.59 Å². The van der Waals surface area contributed by atoms with Gasteiger partial charge in [-0.25, -0.2) is 0 Å². The molecule has 1 atom stereocenters. The Labute approximate surface area is 127 Å². The van der Waals surface area contributed by atoms with E-state index >= 15 is 0 Å². The summed E-state index contributed by atoms with van der Waals surface area (Å²) in [5.74, 6) is 0.279. The van der Waals surface area contributed by atoms with Gasteiger partial charge in [-0.15, -0.1) is 0 Å². The molecule has 0 aliphatic heterocycles. The van der Waals surface area contributed by atoms with Crippen molar-refractivity contribution >= 4 is 28.1 Å². The molecule has 1 unspecified atom stereocenters. The Morgan fingerprint density at radius 3 is 2.80 bits per heavy atom. The van der Waals surface area contributed by atoms with Gasteiger partial charge in [0.25, 0.3) is 5.91 Å². The molecule has 108 valence electrons. The molecule has 1 N–H and O–H groups in total. The van der Waals surface area contributed by atoms with Gasteiger partial charge < -0.3 is 10.1 Å². The van der Waals surface area contributed by atoms with E-state index in [-0.39, 0.29) is 11.9 Å². The van der Waals surface area contributed by atoms with Gasteiger partial charge in [0.15, 0.2) is 12.4 Å². The van der Waals surface area contributed by atoms with E-state index < -0.39 is 6.10 Å². The zero-order valence-electron chi connectivity index (χ0n) is 11.4. The lowest BCUT2D eigenvalue weighted by molar-refractivity contribution is -0.128. The van der Waals surface area contributed by atoms with Crippen LogP contribution in [0.4, 0.5) is 0 Å². The van der Waals surface area contributed by atoms with Crippen molar-refractivity contribution in [3.8, 4) is 5.75 Å². The molecule has 1 aromatic carbocycles. The van der Waals surface area contributed by atoms with E-state index in [0.29, 0.717) is 15.8 Å². The van der Waals surface area contributed by atoms with E-state index in [1.807, 2.05) is 0 Å². The second-order valence-corrected chi connectivity index (χ2v) is 5.88. The van der Waals surface area contributed by atoms with Crippen LogP contribution < -0.4 is 10.1 Å². The maximum atomic E-state index is 12.1. The summed E-state index contributed by atoms with van der Waals surface area (Å²) in [4.78, 5) is 23.1. The predicted octanol–water partition coefficient (Wildman–Crippen LogP) is 3.09. The quantitative estimate of drug-likeness (QED) is 0.838. The fraction of sp³-hybridized carbons (Fsp3) is 0.467. The van der Waals surface area contributed by atoms with E-state index in [4.69, 9.17) is 4.74 Å². The highest BCUT2D eigenvalue weighted by Gasteiger charge is 2.22. The summed E-state index contributed by atoms with van der Waals surface area (Å²) < 4.78 is 6.32. The van der Waals surface area contributed by atoms with Crippen molar-refractivity contribution in [3.63, 3.8) is 0 Å². The minimum atomic E-state index is -0.631. The van der Waals surface area contributed by atoms with E-state index in [1.54, 1.807) is 25.1 Å². The van der Waals surface area contributed by atoms with Gasteiger partial charge in [0.2, 0.25) is 0 Å². The van der Waals surface area contributed by atoms with E-state index in [9.17, 15) is 9.59 Å². The summed E-state index contributed by atoms with van der Waals surface area (Å²) in [6.45, 7) is 1.69. The van der Waals surface area contributed by atoms with Crippen LogP contribution in [0.2, 0.25) is 0 Å². The van der Waals surface area contributed by atoms with E-state index in [1.165, 1.54) is 12.8 Å². The molecule has 0 saturated heterocycles. The van der Waals surface area contributed by atoms with Crippen molar-refractivity contribution in [1.82, 2.24) is 5.32 Å². The molecule has 20 heavy (non-hydrogen) atoms. The molecule has 1 aromatic rings. The maximum Gasteiger partial charge on any atom is 0.260 e. The molecule has 1 fully saturated rings. The van der Waals surface area contributed by atoms with Crippen molar-refractivity contribution in [3.05, 3.63) is 28.2 Å². The first-order valence-electron chi connectivity index (χ1n) is 6.82. The van der Waals surface area contributed by atoms with Crippen molar-refractivity contribution in [1.29, 1.82) is 0 Å². The number of ether oxygens (including phenoxy) is 1. The van der Waals surface area contributed by atoms with Gasteiger partial charge in [-0.05, 0) is 47.8 Å². The molecule has 1 aliphatic rings. The minimum absolute atomic E-state index is 0.135. The highest BCUT2D eigenvalue weighted by molar-refractivity contribution is 9.10. The molecule has 4 nitrogen and oxygen atoms in total. The Bertz CT molecular complexity index is 498. The average Bonchev–Trinajstić information content (AvgIpc) is 2.93. The Balaban J connectivity index is 2.01. The highest BCUT2D eigenvalue weighted by Crippen LogP contribution is 2.29. The Morgan fingerprint density at radius 1 is 1.45 bits per heavy atom. The monoisotopic (exact) mass is 339 g/mol. The van der Waals surface area contributed by atoms with Crippen LogP contribution in [-0.4, -0.2) is 24.3 Å². The number of nitrogens with one attached hydrogen (secondary N) is 1. The molecule has 1 aliphatic carbocycles. The smallest absolute Gasteiger partial charge is 0.260 e. The topological polar surface area (TPSA) is 55.4 Å². The van der Waals surface area contributed by atoms with Crippen molar-refractivity contribution in [2.24, 2.45) is 0 Å². The molecule has 5 heteroatoms. The largest absolute Gasteiger partial charge is 0.479 e. The minimum Gasteiger partial charge on any atom is -0.479 e. The maximum absolute atomic E-state index is 12.1. The zero-order valence-corrected chi connectivity index (χ0v) is 13.0. The summed E-state index contributed by atoms with van der Waals surface area (Å²) in [7, 11) is 0. The fourth-order valence-corrected chi connectivity index (χ4v) is 2.84. The number of hydrogen-bond acceptors (Lipinski definition) is 3. The number of benzene rings is 1. The first-order valence-corrected chi connectivity index (χ1v) is 7.62. The SMILES string of the molecule is CC(Oc1c(Br)cccc1C=O)C(=O)NC1CCCC1. The van der Waals surface area contributed by atoms with Crippen LogP contribution in [-0.2, 0) is 4.79 Å². The zero-order chi connectivity index (χ0) is 14.5. The van der Waals surface area contributed by atoms with E-state index in [0.717, 1.165) is 19.1 Å². The molecule has 0 heterocycles.